The molecule has 0 amide bonds. The van der Waals surface area contributed by atoms with Gasteiger partial charge in [-0.05, 0) is 43.4 Å². The summed E-state index contributed by atoms with van der Waals surface area (Å²) in [5.41, 5.74) is 0. The van der Waals surface area contributed by atoms with Crippen LogP contribution in [0, 0.1) is 17.8 Å². The van der Waals surface area contributed by atoms with Crippen LogP contribution in [0.2, 0.25) is 0 Å². The lowest BCUT2D eigenvalue weighted by Gasteiger charge is -2.21. The van der Waals surface area contributed by atoms with Gasteiger partial charge in [0.25, 0.3) is 0 Å². The van der Waals surface area contributed by atoms with Crippen molar-refractivity contribution in [3.8, 4) is 0 Å². The molecular formula is C79H154O17P2. The molecule has 3 N–H and O–H groups in total. The van der Waals surface area contributed by atoms with Crippen molar-refractivity contribution >= 4 is 39.5 Å². The van der Waals surface area contributed by atoms with Crippen LogP contribution >= 0.6 is 15.6 Å². The molecule has 0 aliphatic heterocycles. The van der Waals surface area contributed by atoms with Crippen LogP contribution in [0.25, 0.3) is 0 Å². The summed E-state index contributed by atoms with van der Waals surface area (Å²) in [6, 6.07) is 0. The monoisotopic (exact) mass is 1440 g/mol. The maximum atomic E-state index is 13.1. The number of phosphoric acid groups is 2. The number of aliphatic hydroxyl groups excluding tert-OH is 1. The summed E-state index contributed by atoms with van der Waals surface area (Å²) < 4.78 is 68.7. The van der Waals surface area contributed by atoms with Crippen molar-refractivity contribution in [3.05, 3.63) is 0 Å². The predicted molar refractivity (Wildman–Crippen MR) is 400 cm³/mol. The molecule has 0 fully saturated rings. The number of ether oxygens (including phenoxy) is 4. The zero-order valence-corrected chi connectivity index (χ0v) is 66.0. The number of hydrogen-bond acceptors (Lipinski definition) is 15. The first kappa shape index (κ1) is 96.1. The summed E-state index contributed by atoms with van der Waals surface area (Å²) in [7, 11) is -9.92. The average Bonchev–Trinajstić information content (AvgIpc) is 1.11. The van der Waals surface area contributed by atoms with Crippen molar-refractivity contribution in [2.75, 3.05) is 39.6 Å². The van der Waals surface area contributed by atoms with Crippen molar-refractivity contribution in [1.82, 2.24) is 0 Å². The van der Waals surface area contributed by atoms with Gasteiger partial charge >= 0.3 is 39.5 Å². The van der Waals surface area contributed by atoms with E-state index in [1.807, 2.05) is 0 Å². The first-order valence-electron chi connectivity index (χ1n) is 40.8. The van der Waals surface area contributed by atoms with Crippen molar-refractivity contribution in [2.24, 2.45) is 17.8 Å². The lowest BCUT2D eigenvalue weighted by molar-refractivity contribution is -0.161. The SMILES string of the molecule is CCCCCCCCCCCCCC(=O)OC[C@H](COP(=O)(O)OC[C@H](O)COP(=O)(O)OC[C@@H](COC(=O)CCCCCCCCCCCCCCC(C)C)OC(=O)CCCCCCCCCCCCCCCCC(C)C)OC(=O)CCCCCCCCCCCCCCC(C)C. The van der Waals surface area contributed by atoms with Gasteiger partial charge in [-0.2, -0.15) is 0 Å². The largest absolute Gasteiger partial charge is 0.472 e. The third-order valence-electron chi connectivity index (χ3n) is 18.4. The van der Waals surface area contributed by atoms with Gasteiger partial charge in [0.05, 0.1) is 26.4 Å². The van der Waals surface area contributed by atoms with Gasteiger partial charge in [-0.3, -0.25) is 37.3 Å². The Labute approximate surface area is 600 Å². The van der Waals surface area contributed by atoms with E-state index in [9.17, 15) is 43.2 Å². The quantitative estimate of drug-likeness (QED) is 0.0222. The van der Waals surface area contributed by atoms with Gasteiger partial charge in [0.1, 0.15) is 19.3 Å². The summed E-state index contributed by atoms with van der Waals surface area (Å²) in [6.45, 7) is 12.0. The molecule has 0 rings (SSSR count). The highest BCUT2D eigenvalue weighted by molar-refractivity contribution is 7.47. The molecule has 17 nitrogen and oxygen atoms in total. The summed E-state index contributed by atoms with van der Waals surface area (Å²) in [5.74, 6) is 0.242. The molecule has 0 aliphatic carbocycles. The van der Waals surface area contributed by atoms with Crippen molar-refractivity contribution in [1.29, 1.82) is 0 Å². The maximum Gasteiger partial charge on any atom is 0.472 e. The topological polar surface area (TPSA) is 237 Å². The van der Waals surface area contributed by atoms with Gasteiger partial charge in [0.2, 0.25) is 0 Å². The molecule has 582 valence electrons. The van der Waals surface area contributed by atoms with Crippen molar-refractivity contribution < 1.29 is 80.2 Å². The number of esters is 4. The van der Waals surface area contributed by atoms with Crippen LogP contribution in [-0.4, -0.2) is 96.7 Å². The molecule has 0 aliphatic rings. The van der Waals surface area contributed by atoms with Crippen molar-refractivity contribution in [3.63, 3.8) is 0 Å². The summed E-state index contributed by atoms with van der Waals surface area (Å²) >= 11 is 0. The zero-order valence-electron chi connectivity index (χ0n) is 64.3. The van der Waals surface area contributed by atoms with Crippen molar-refractivity contribution in [2.45, 2.75) is 426 Å². The number of carbonyl (C=O) groups excluding carboxylic acids is 4. The fourth-order valence-corrected chi connectivity index (χ4v) is 13.7. The maximum absolute atomic E-state index is 13.1. The standard InChI is InChI=1S/C79H154O17P2/c1-8-9-10-11-12-13-22-32-39-46-53-60-76(81)89-66-74(96-79(84)63-56-49-42-35-28-21-19-25-31-38-45-52-59-72(6)7)68-93-97(85,86)91-64-73(80)65-92-98(87,88)94-69-75(67-90-77(82)61-54-47-40-33-26-20-18-24-30-37-44-51-58-71(4)5)95-78(83)62-55-48-41-34-27-17-15-14-16-23-29-36-43-50-57-70(2)3/h70-75,80H,8-69H2,1-7H3,(H,85,86)(H,87,88)/t73-,74+,75+/m0/s1. The van der Waals surface area contributed by atoms with Crippen LogP contribution in [0.1, 0.15) is 408 Å². The Morgan fingerprint density at radius 2 is 0.469 bits per heavy atom. The fourth-order valence-electron chi connectivity index (χ4n) is 12.1. The molecule has 0 radical (unpaired) electrons. The second-order valence-corrected chi connectivity index (χ2v) is 32.8. The summed E-state index contributed by atoms with van der Waals surface area (Å²) in [6.07, 6.45) is 56.7. The van der Waals surface area contributed by atoms with E-state index in [0.29, 0.717) is 25.7 Å². The molecule has 0 aromatic rings. The molecule has 0 heterocycles. The Balaban J connectivity index is 5.26. The van der Waals surface area contributed by atoms with Gasteiger partial charge in [-0.25, -0.2) is 9.13 Å². The highest BCUT2D eigenvalue weighted by atomic mass is 31.2. The minimum atomic E-state index is -4.96. The second kappa shape index (κ2) is 69.4. The third-order valence-corrected chi connectivity index (χ3v) is 20.3. The van der Waals surface area contributed by atoms with Crippen LogP contribution < -0.4 is 0 Å². The van der Waals surface area contributed by atoms with E-state index in [-0.39, 0.29) is 25.7 Å². The number of phosphoric ester groups is 2. The molecular weight excluding hydrogens is 1280 g/mol. The minimum Gasteiger partial charge on any atom is -0.462 e. The van der Waals surface area contributed by atoms with E-state index in [1.165, 1.54) is 218 Å². The highest BCUT2D eigenvalue weighted by Crippen LogP contribution is 2.45. The fraction of sp³-hybridized carbons (Fsp3) is 0.949. The number of carbonyl (C=O) groups is 4. The Morgan fingerprint density at radius 3 is 0.694 bits per heavy atom. The zero-order chi connectivity index (χ0) is 72.3. The van der Waals surface area contributed by atoms with E-state index in [2.05, 4.69) is 48.5 Å². The molecule has 0 aromatic carbocycles. The number of aliphatic hydroxyl groups is 1. The smallest absolute Gasteiger partial charge is 0.462 e. The molecule has 0 spiro atoms. The van der Waals surface area contributed by atoms with Crippen LogP contribution in [0.4, 0.5) is 0 Å². The van der Waals surface area contributed by atoms with Gasteiger partial charge < -0.3 is 33.8 Å². The first-order valence-corrected chi connectivity index (χ1v) is 43.8. The van der Waals surface area contributed by atoms with Gasteiger partial charge in [0.15, 0.2) is 12.2 Å². The normalized spacial score (nSPS) is 14.0. The lowest BCUT2D eigenvalue weighted by atomic mass is 10.0. The predicted octanol–water partition coefficient (Wildman–Crippen LogP) is 23.4. The van der Waals surface area contributed by atoms with Gasteiger partial charge in [-0.15, -0.1) is 0 Å². The molecule has 19 heteroatoms. The van der Waals surface area contributed by atoms with E-state index in [4.69, 9.17) is 37.0 Å². The molecule has 0 saturated heterocycles. The minimum absolute atomic E-state index is 0.107. The van der Waals surface area contributed by atoms with E-state index in [1.54, 1.807) is 0 Å². The van der Waals surface area contributed by atoms with Gasteiger partial charge in [-0.1, -0.05) is 357 Å². The number of unbranched alkanes of at least 4 members (excludes halogenated alkanes) is 45. The van der Waals surface area contributed by atoms with Crippen LogP contribution in [0.5, 0.6) is 0 Å². The Morgan fingerprint density at radius 1 is 0.276 bits per heavy atom. The first-order chi connectivity index (χ1) is 47.2. The van der Waals surface area contributed by atoms with Crippen LogP contribution in [0.3, 0.4) is 0 Å². The second-order valence-electron chi connectivity index (χ2n) is 29.9. The van der Waals surface area contributed by atoms with E-state index >= 15 is 0 Å². The average molecular weight is 1440 g/mol. The Kier molecular flexibility index (Phi) is 68.1. The molecule has 5 atom stereocenters. The Hall–Kier alpha value is -1.94. The third kappa shape index (κ3) is 72.4. The van der Waals surface area contributed by atoms with Crippen LogP contribution in [-0.2, 0) is 65.4 Å². The summed E-state index contributed by atoms with van der Waals surface area (Å²) in [5, 5.41) is 10.6. The molecule has 0 saturated carbocycles. The van der Waals surface area contributed by atoms with Gasteiger partial charge in [0, 0.05) is 25.7 Å². The molecule has 0 bridgehead atoms. The summed E-state index contributed by atoms with van der Waals surface area (Å²) in [4.78, 5) is 73.0. The van der Waals surface area contributed by atoms with Crippen LogP contribution in [0.15, 0.2) is 0 Å². The molecule has 98 heavy (non-hydrogen) atoms. The molecule has 2 unspecified atom stereocenters. The molecule has 0 aromatic heterocycles. The van der Waals surface area contributed by atoms with E-state index < -0.39 is 97.5 Å². The van der Waals surface area contributed by atoms with E-state index in [0.717, 1.165) is 108 Å². The number of rotatable bonds is 77. The number of hydrogen-bond donors (Lipinski definition) is 3. The highest BCUT2D eigenvalue weighted by Gasteiger charge is 2.30. The lowest BCUT2D eigenvalue weighted by Crippen LogP contribution is -2.30. The Bertz CT molecular complexity index is 1900.